The summed E-state index contributed by atoms with van der Waals surface area (Å²) in [5.41, 5.74) is 1.43. The van der Waals surface area contributed by atoms with Crippen molar-refractivity contribution >= 4 is 0 Å². The highest BCUT2D eigenvalue weighted by Crippen LogP contribution is 2.55. The summed E-state index contributed by atoms with van der Waals surface area (Å²) in [6.45, 7) is 18.2. The molecule has 108 valence electrons. The molecule has 0 amide bonds. The molecule has 0 fully saturated rings. The third-order valence-electron chi connectivity index (χ3n) is 3.96. The monoisotopic (exact) mass is 264 g/mol. The van der Waals surface area contributed by atoms with Crippen LogP contribution in [0.15, 0.2) is 10.8 Å². The predicted molar refractivity (Wildman–Crippen MR) is 77.9 cm³/mol. The van der Waals surface area contributed by atoms with E-state index in [1.54, 1.807) is 6.39 Å². The van der Waals surface area contributed by atoms with E-state index in [1.807, 2.05) is 0 Å². The van der Waals surface area contributed by atoms with Crippen LogP contribution in [0.1, 0.15) is 78.9 Å². The zero-order valence-corrected chi connectivity index (χ0v) is 13.6. The fourth-order valence-electron chi connectivity index (χ4n) is 3.39. The third-order valence-corrected chi connectivity index (χ3v) is 3.96. The van der Waals surface area contributed by atoms with Gasteiger partial charge in [0.05, 0.1) is 12.1 Å². The van der Waals surface area contributed by atoms with Gasteiger partial charge in [0.15, 0.2) is 6.39 Å². The third kappa shape index (κ3) is 2.33. The molecule has 0 radical (unpaired) electrons. The number of hydrogen-bond acceptors (Lipinski definition) is 3. The van der Waals surface area contributed by atoms with Crippen molar-refractivity contribution in [3.63, 3.8) is 0 Å². The second-order valence-corrected chi connectivity index (χ2v) is 8.18. The Morgan fingerprint density at radius 2 is 1.58 bits per heavy atom. The highest BCUT2D eigenvalue weighted by Gasteiger charge is 2.52. The van der Waals surface area contributed by atoms with Crippen LogP contribution in [0.25, 0.3) is 0 Å². The van der Waals surface area contributed by atoms with Gasteiger partial charge in [0.2, 0.25) is 0 Å². The van der Waals surface area contributed by atoms with Gasteiger partial charge in [-0.3, -0.25) is 4.90 Å². The molecule has 1 aliphatic heterocycles. The zero-order chi connectivity index (χ0) is 14.6. The van der Waals surface area contributed by atoms with Gasteiger partial charge < -0.3 is 4.42 Å². The van der Waals surface area contributed by atoms with Gasteiger partial charge in [-0.15, -0.1) is 0 Å². The molecular weight excluding hydrogens is 236 g/mol. The molecule has 19 heavy (non-hydrogen) atoms. The minimum atomic E-state index is 0.137. The summed E-state index contributed by atoms with van der Waals surface area (Å²) in [4.78, 5) is 7.12. The largest absolute Gasteiger partial charge is 0.446 e. The van der Waals surface area contributed by atoms with E-state index in [1.165, 1.54) is 0 Å². The summed E-state index contributed by atoms with van der Waals surface area (Å²) in [7, 11) is 0. The highest BCUT2D eigenvalue weighted by atomic mass is 16.3. The van der Waals surface area contributed by atoms with Gasteiger partial charge in [-0.1, -0.05) is 41.5 Å². The van der Waals surface area contributed by atoms with Crippen molar-refractivity contribution in [3.05, 3.63) is 17.8 Å². The summed E-state index contributed by atoms with van der Waals surface area (Å²) < 4.78 is 5.77. The minimum Gasteiger partial charge on any atom is -0.446 e. The molecule has 0 saturated heterocycles. The van der Waals surface area contributed by atoms with Crippen LogP contribution >= 0.6 is 0 Å². The normalized spacial score (nSPS) is 25.1. The SMILES string of the molecule is CC(C)N1C(C(C)(C)C)c2ncoc2C1C(C)(C)C. The van der Waals surface area contributed by atoms with E-state index in [9.17, 15) is 0 Å². The number of fused-ring (bicyclic) bond motifs is 1. The second kappa shape index (κ2) is 4.34. The zero-order valence-electron chi connectivity index (χ0n) is 13.6. The van der Waals surface area contributed by atoms with Crippen LogP contribution in [0, 0.1) is 10.8 Å². The van der Waals surface area contributed by atoms with E-state index in [2.05, 4.69) is 65.3 Å². The molecule has 0 aliphatic carbocycles. The van der Waals surface area contributed by atoms with Crippen molar-refractivity contribution < 1.29 is 4.42 Å². The van der Waals surface area contributed by atoms with Crippen molar-refractivity contribution in [2.75, 3.05) is 0 Å². The van der Waals surface area contributed by atoms with Crippen LogP contribution < -0.4 is 0 Å². The van der Waals surface area contributed by atoms with E-state index < -0.39 is 0 Å². The first-order valence-corrected chi connectivity index (χ1v) is 7.26. The fraction of sp³-hybridized carbons (Fsp3) is 0.812. The second-order valence-electron chi connectivity index (χ2n) is 8.18. The highest BCUT2D eigenvalue weighted by molar-refractivity contribution is 5.27. The summed E-state index contributed by atoms with van der Waals surface area (Å²) in [6, 6.07) is 1.09. The Morgan fingerprint density at radius 1 is 1.05 bits per heavy atom. The van der Waals surface area contributed by atoms with Gasteiger partial charge in [0, 0.05) is 6.04 Å². The summed E-state index contributed by atoms with van der Waals surface area (Å²) in [6.07, 6.45) is 1.61. The van der Waals surface area contributed by atoms with Gasteiger partial charge in [0.1, 0.15) is 11.5 Å². The average molecular weight is 264 g/mol. The lowest BCUT2D eigenvalue weighted by Gasteiger charge is -2.44. The van der Waals surface area contributed by atoms with Gasteiger partial charge in [-0.05, 0) is 24.7 Å². The maximum absolute atomic E-state index is 5.77. The van der Waals surface area contributed by atoms with E-state index >= 15 is 0 Å². The van der Waals surface area contributed by atoms with Gasteiger partial charge in [0.25, 0.3) is 0 Å². The standard InChI is InChI=1S/C16H28N2O/c1-10(2)18-13(15(3,4)5)11-12(19-9-17-11)14(18)16(6,7)8/h9-10,13-14H,1-8H3. The molecule has 2 heterocycles. The Bertz CT molecular complexity index is 412. The van der Waals surface area contributed by atoms with E-state index in [4.69, 9.17) is 4.42 Å². The van der Waals surface area contributed by atoms with Gasteiger partial charge >= 0.3 is 0 Å². The van der Waals surface area contributed by atoms with Crippen molar-refractivity contribution in [1.29, 1.82) is 0 Å². The summed E-state index contributed by atoms with van der Waals surface area (Å²) in [5, 5.41) is 0. The van der Waals surface area contributed by atoms with Gasteiger partial charge in [-0.2, -0.15) is 0 Å². The molecule has 1 aromatic rings. The fourth-order valence-corrected chi connectivity index (χ4v) is 3.39. The molecule has 3 heteroatoms. The number of nitrogens with zero attached hydrogens (tertiary/aromatic N) is 2. The summed E-state index contributed by atoms with van der Waals surface area (Å²) >= 11 is 0. The maximum Gasteiger partial charge on any atom is 0.181 e. The average Bonchev–Trinajstić information content (AvgIpc) is 2.68. The first kappa shape index (κ1) is 14.6. The van der Waals surface area contributed by atoms with Crippen LogP contribution in [0.4, 0.5) is 0 Å². The molecule has 1 aliphatic rings. The lowest BCUT2D eigenvalue weighted by molar-refractivity contribution is -0.00261. The predicted octanol–water partition coefficient (Wildman–Crippen LogP) is 4.57. The van der Waals surface area contributed by atoms with Crippen LogP contribution in [-0.4, -0.2) is 15.9 Å². The molecule has 0 aromatic carbocycles. The van der Waals surface area contributed by atoms with Gasteiger partial charge in [-0.25, -0.2) is 4.98 Å². The lowest BCUT2D eigenvalue weighted by Crippen LogP contribution is -2.42. The number of aromatic nitrogens is 1. The summed E-state index contributed by atoms with van der Waals surface area (Å²) in [5.74, 6) is 1.07. The number of oxazole rings is 1. The Hall–Kier alpha value is -0.830. The van der Waals surface area contributed by atoms with Crippen molar-refractivity contribution in [1.82, 2.24) is 9.88 Å². The molecular formula is C16H28N2O. The maximum atomic E-state index is 5.77. The van der Waals surface area contributed by atoms with E-state index in [0.29, 0.717) is 18.1 Å². The van der Waals surface area contributed by atoms with Crippen LogP contribution in [-0.2, 0) is 0 Å². The Kier molecular flexibility index (Phi) is 3.33. The Labute approximate surface area is 117 Å². The Balaban J connectivity index is 2.58. The van der Waals surface area contributed by atoms with Crippen LogP contribution in [0.3, 0.4) is 0 Å². The van der Waals surface area contributed by atoms with Crippen LogP contribution in [0.5, 0.6) is 0 Å². The quantitative estimate of drug-likeness (QED) is 0.744. The molecule has 0 spiro atoms. The molecule has 0 saturated carbocycles. The molecule has 2 atom stereocenters. The Morgan fingerprint density at radius 3 is 2.00 bits per heavy atom. The molecule has 2 unspecified atom stereocenters. The van der Waals surface area contributed by atoms with Crippen molar-refractivity contribution in [2.45, 2.75) is 73.5 Å². The molecule has 0 N–H and O–H groups in total. The number of hydrogen-bond donors (Lipinski definition) is 0. The first-order chi connectivity index (χ1) is 8.55. The van der Waals surface area contributed by atoms with Crippen LogP contribution in [0.2, 0.25) is 0 Å². The molecule has 2 rings (SSSR count). The lowest BCUT2D eigenvalue weighted by atomic mass is 9.83. The van der Waals surface area contributed by atoms with E-state index in [-0.39, 0.29) is 10.8 Å². The minimum absolute atomic E-state index is 0.137. The van der Waals surface area contributed by atoms with Crippen molar-refractivity contribution in [3.8, 4) is 0 Å². The molecule has 0 bridgehead atoms. The molecule has 1 aromatic heterocycles. The van der Waals surface area contributed by atoms with E-state index in [0.717, 1.165) is 11.5 Å². The topological polar surface area (TPSA) is 29.3 Å². The number of rotatable bonds is 1. The first-order valence-electron chi connectivity index (χ1n) is 7.26. The van der Waals surface area contributed by atoms with Crippen molar-refractivity contribution in [2.24, 2.45) is 10.8 Å². The molecule has 3 nitrogen and oxygen atoms in total. The smallest absolute Gasteiger partial charge is 0.181 e.